The van der Waals surface area contributed by atoms with E-state index in [-0.39, 0.29) is 11.9 Å². The van der Waals surface area contributed by atoms with Gasteiger partial charge < -0.3 is 14.8 Å². The minimum Gasteiger partial charge on any atom is -0.497 e. The summed E-state index contributed by atoms with van der Waals surface area (Å²) in [4.78, 5) is 12.8. The lowest BCUT2D eigenvalue weighted by Gasteiger charge is -2.27. The molecular weight excluding hydrogens is 302 g/mol. The number of benzene rings is 2. The Bertz CT molecular complexity index is 695. The Morgan fingerprint density at radius 3 is 2.29 bits per heavy atom. The number of nitrogens with one attached hydrogen (secondary N) is 1. The van der Waals surface area contributed by atoms with Gasteiger partial charge >= 0.3 is 0 Å². The van der Waals surface area contributed by atoms with E-state index in [4.69, 9.17) is 9.47 Å². The van der Waals surface area contributed by atoms with Crippen molar-refractivity contribution < 1.29 is 14.3 Å². The van der Waals surface area contributed by atoms with E-state index in [1.807, 2.05) is 69.3 Å². The molecule has 24 heavy (non-hydrogen) atoms. The Balaban J connectivity index is 2.23. The molecule has 4 heteroatoms. The van der Waals surface area contributed by atoms with Crippen LogP contribution in [0.4, 0.5) is 0 Å². The van der Waals surface area contributed by atoms with Crippen LogP contribution >= 0.6 is 0 Å². The van der Waals surface area contributed by atoms with Gasteiger partial charge in [0.05, 0.1) is 25.7 Å². The molecule has 0 aliphatic rings. The quantitative estimate of drug-likeness (QED) is 0.876. The number of hydrogen-bond acceptors (Lipinski definition) is 3. The fourth-order valence-electron chi connectivity index (χ4n) is 2.62. The summed E-state index contributed by atoms with van der Waals surface area (Å²) in [6, 6.07) is 15.1. The molecule has 0 saturated carbocycles. The third-order valence-electron chi connectivity index (χ3n) is 4.31. The minimum atomic E-state index is -0.623. The molecule has 1 N–H and O–H groups in total. The van der Waals surface area contributed by atoms with Crippen molar-refractivity contribution in [2.75, 3.05) is 14.2 Å². The summed E-state index contributed by atoms with van der Waals surface area (Å²) in [5, 5.41) is 3.09. The summed E-state index contributed by atoms with van der Waals surface area (Å²) in [5.74, 6) is 1.42. The summed E-state index contributed by atoms with van der Waals surface area (Å²) < 4.78 is 10.7. The van der Waals surface area contributed by atoms with Gasteiger partial charge in [0.25, 0.3) is 0 Å². The van der Waals surface area contributed by atoms with E-state index in [0.29, 0.717) is 0 Å². The Hall–Kier alpha value is -2.49. The van der Waals surface area contributed by atoms with E-state index in [2.05, 4.69) is 5.32 Å². The summed E-state index contributed by atoms with van der Waals surface area (Å²) >= 11 is 0. The van der Waals surface area contributed by atoms with Crippen molar-refractivity contribution in [2.24, 2.45) is 0 Å². The van der Waals surface area contributed by atoms with Crippen LogP contribution in [0, 0.1) is 0 Å². The molecular formula is C20H25NO3. The van der Waals surface area contributed by atoms with Crippen LogP contribution in [-0.2, 0) is 10.2 Å². The molecule has 0 aromatic heterocycles. The van der Waals surface area contributed by atoms with Gasteiger partial charge in [-0.2, -0.15) is 0 Å². The van der Waals surface area contributed by atoms with Crippen LogP contribution < -0.4 is 14.8 Å². The molecule has 4 nitrogen and oxygen atoms in total. The number of amides is 1. The van der Waals surface area contributed by atoms with Crippen LogP contribution in [0.2, 0.25) is 0 Å². The van der Waals surface area contributed by atoms with Gasteiger partial charge in [-0.05, 0) is 44.5 Å². The highest BCUT2D eigenvalue weighted by molar-refractivity contribution is 5.87. The summed E-state index contributed by atoms with van der Waals surface area (Å²) in [5.41, 5.74) is 1.24. The summed E-state index contributed by atoms with van der Waals surface area (Å²) in [6.45, 7) is 5.79. The highest BCUT2D eigenvalue weighted by Crippen LogP contribution is 2.30. The topological polar surface area (TPSA) is 47.6 Å². The first-order valence-corrected chi connectivity index (χ1v) is 7.98. The normalized spacial score (nSPS) is 12.4. The molecule has 1 amide bonds. The second-order valence-electron chi connectivity index (χ2n) is 6.29. The Morgan fingerprint density at radius 2 is 1.71 bits per heavy atom. The van der Waals surface area contributed by atoms with Gasteiger partial charge in [-0.1, -0.05) is 30.3 Å². The number of carbonyl (C=O) groups excluding carboxylic acids is 1. The predicted molar refractivity (Wildman–Crippen MR) is 95.6 cm³/mol. The summed E-state index contributed by atoms with van der Waals surface area (Å²) in [7, 11) is 3.24. The van der Waals surface area contributed by atoms with Gasteiger partial charge in [-0.15, -0.1) is 0 Å². The molecule has 2 aromatic carbocycles. The SMILES string of the molecule is COc1ccc(OC)c(C(C)NC(=O)C(C)(C)c2ccccc2)c1. The fourth-order valence-corrected chi connectivity index (χ4v) is 2.62. The molecule has 0 bridgehead atoms. The van der Waals surface area contributed by atoms with Gasteiger partial charge in [0.15, 0.2) is 0 Å². The Morgan fingerprint density at radius 1 is 1.04 bits per heavy atom. The van der Waals surface area contributed by atoms with Gasteiger partial charge in [0.1, 0.15) is 11.5 Å². The molecule has 0 fully saturated rings. The minimum absolute atomic E-state index is 0.0360. The Kier molecular flexibility index (Phi) is 5.50. The third-order valence-corrected chi connectivity index (χ3v) is 4.31. The highest BCUT2D eigenvalue weighted by atomic mass is 16.5. The lowest BCUT2D eigenvalue weighted by molar-refractivity contribution is -0.126. The molecule has 128 valence electrons. The van der Waals surface area contributed by atoms with E-state index in [0.717, 1.165) is 22.6 Å². The molecule has 1 unspecified atom stereocenters. The molecule has 0 spiro atoms. The standard InChI is InChI=1S/C20H25NO3/c1-14(17-13-16(23-4)11-12-18(17)24-5)21-19(22)20(2,3)15-9-7-6-8-10-15/h6-14H,1-5H3,(H,21,22). The zero-order valence-corrected chi connectivity index (χ0v) is 14.9. The number of methoxy groups -OCH3 is 2. The number of rotatable bonds is 6. The van der Waals surface area contributed by atoms with Crippen molar-refractivity contribution in [1.29, 1.82) is 0 Å². The maximum absolute atomic E-state index is 12.8. The van der Waals surface area contributed by atoms with E-state index in [1.165, 1.54) is 0 Å². The lowest BCUT2D eigenvalue weighted by Crippen LogP contribution is -2.41. The average molecular weight is 327 g/mol. The van der Waals surface area contributed by atoms with Crippen LogP contribution in [0.1, 0.15) is 37.9 Å². The molecule has 0 aliphatic carbocycles. The van der Waals surface area contributed by atoms with E-state index >= 15 is 0 Å². The maximum atomic E-state index is 12.8. The van der Waals surface area contributed by atoms with Crippen molar-refractivity contribution in [3.05, 3.63) is 59.7 Å². The molecule has 1 atom stereocenters. The monoisotopic (exact) mass is 327 g/mol. The number of carbonyl (C=O) groups is 1. The van der Waals surface area contributed by atoms with Crippen LogP contribution in [0.25, 0.3) is 0 Å². The van der Waals surface area contributed by atoms with Crippen LogP contribution in [0.5, 0.6) is 11.5 Å². The first-order chi connectivity index (χ1) is 11.4. The van der Waals surface area contributed by atoms with Gasteiger partial charge in [-0.3, -0.25) is 4.79 Å². The first-order valence-electron chi connectivity index (χ1n) is 7.98. The van der Waals surface area contributed by atoms with E-state index in [1.54, 1.807) is 14.2 Å². The van der Waals surface area contributed by atoms with E-state index < -0.39 is 5.41 Å². The van der Waals surface area contributed by atoms with Crippen molar-refractivity contribution in [3.63, 3.8) is 0 Å². The second-order valence-corrected chi connectivity index (χ2v) is 6.29. The number of hydrogen-bond donors (Lipinski definition) is 1. The maximum Gasteiger partial charge on any atom is 0.230 e. The third kappa shape index (κ3) is 3.70. The van der Waals surface area contributed by atoms with E-state index in [9.17, 15) is 4.79 Å². The zero-order valence-electron chi connectivity index (χ0n) is 14.9. The molecule has 2 aromatic rings. The predicted octanol–water partition coefficient (Wildman–Crippen LogP) is 3.86. The molecule has 0 aliphatic heterocycles. The fraction of sp³-hybridized carbons (Fsp3) is 0.350. The molecule has 0 heterocycles. The molecule has 2 rings (SSSR count). The van der Waals surface area contributed by atoms with Gasteiger partial charge in [0, 0.05) is 5.56 Å². The van der Waals surface area contributed by atoms with Gasteiger partial charge in [-0.25, -0.2) is 0 Å². The molecule has 0 radical (unpaired) electrons. The largest absolute Gasteiger partial charge is 0.497 e. The van der Waals surface area contributed by atoms with Crippen molar-refractivity contribution in [2.45, 2.75) is 32.2 Å². The van der Waals surface area contributed by atoms with Crippen LogP contribution in [0.3, 0.4) is 0 Å². The van der Waals surface area contributed by atoms with Crippen LogP contribution in [0.15, 0.2) is 48.5 Å². The zero-order chi connectivity index (χ0) is 17.7. The van der Waals surface area contributed by atoms with Crippen LogP contribution in [-0.4, -0.2) is 20.1 Å². The van der Waals surface area contributed by atoms with Crippen molar-refractivity contribution in [3.8, 4) is 11.5 Å². The van der Waals surface area contributed by atoms with Gasteiger partial charge in [0.2, 0.25) is 5.91 Å². The highest BCUT2D eigenvalue weighted by Gasteiger charge is 2.31. The number of ether oxygens (including phenoxy) is 2. The average Bonchev–Trinajstić information content (AvgIpc) is 2.61. The van der Waals surface area contributed by atoms with Crippen molar-refractivity contribution >= 4 is 5.91 Å². The molecule has 0 saturated heterocycles. The lowest BCUT2D eigenvalue weighted by atomic mass is 9.83. The summed E-state index contributed by atoms with van der Waals surface area (Å²) in [6.07, 6.45) is 0. The second kappa shape index (κ2) is 7.39. The smallest absolute Gasteiger partial charge is 0.230 e. The van der Waals surface area contributed by atoms with Crippen molar-refractivity contribution in [1.82, 2.24) is 5.32 Å². The first kappa shape index (κ1) is 17.9. The Labute approximate surface area is 143 Å².